The predicted molar refractivity (Wildman–Crippen MR) is 81.4 cm³/mol. The van der Waals surface area contributed by atoms with Crippen LogP contribution in [0.2, 0.25) is 10.0 Å². The van der Waals surface area contributed by atoms with Gasteiger partial charge >= 0.3 is 5.97 Å². The van der Waals surface area contributed by atoms with Gasteiger partial charge in [0.2, 0.25) is 0 Å². The zero-order chi connectivity index (χ0) is 15.4. The van der Waals surface area contributed by atoms with Gasteiger partial charge in [-0.25, -0.2) is 0 Å². The number of hydrogen-bond acceptors (Lipinski definition) is 4. The summed E-state index contributed by atoms with van der Waals surface area (Å²) in [6.45, 7) is -0.155. The molecule has 1 aromatic carbocycles. The topological polar surface area (TPSA) is 74.3 Å². The first-order valence-corrected chi connectivity index (χ1v) is 6.77. The maximum atomic E-state index is 11.7. The second-order valence-corrected chi connectivity index (χ2v) is 5.15. The standard InChI is InChI=1S/C14H12Cl2N2O3/c15-11-3-1-9(5-12(11)16)8-21-14(20)7-18-6-10(17)2-4-13(18)19/h1-6H,7-8,17H2. The summed E-state index contributed by atoms with van der Waals surface area (Å²) in [5, 5.41) is 0.815. The van der Waals surface area contributed by atoms with Crippen molar-refractivity contribution in [3.8, 4) is 0 Å². The molecule has 0 fully saturated rings. The Morgan fingerprint density at radius 3 is 2.67 bits per heavy atom. The number of nitrogens with zero attached hydrogens (tertiary/aromatic N) is 1. The Morgan fingerprint density at radius 1 is 1.19 bits per heavy atom. The Kier molecular flexibility index (Phi) is 4.88. The van der Waals surface area contributed by atoms with Gasteiger partial charge in [-0.05, 0) is 23.8 Å². The number of nitrogens with two attached hydrogens (primary N) is 1. The highest BCUT2D eigenvalue weighted by Crippen LogP contribution is 2.22. The number of halogens is 2. The number of anilines is 1. The third kappa shape index (κ3) is 4.24. The molecule has 0 bridgehead atoms. The summed E-state index contributed by atoms with van der Waals surface area (Å²) in [6.07, 6.45) is 1.39. The van der Waals surface area contributed by atoms with Crippen LogP contribution in [-0.4, -0.2) is 10.5 Å². The van der Waals surface area contributed by atoms with Crippen molar-refractivity contribution in [3.05, 3.63) is 62.5 Å². The van der Waals surface area contributed by atoms with Gasteiger partial charge in [0, 0.05) is 18.0 Å². The lowest BCUT2D eigenvalue weighted by atomic mass is 10.2. The van der Waals surface area contributed by atoms with Gasteiger partial charge in [-0.1, -0.05) is 29.3 Å². The third-order valence-corrected chi connectivity index (χ3v) is 3.43. The van der Waals surface area contributed by atoms with E-state index in [-0.39, 0.29) is 18.7 Å². The molecule has 1 aromatic heterocycles. The van der Waals surface area contributed by atoms with E-state index in [1.807, 2.05) is 0 Å². The van der Waals surface area contributed by atoms with Crippen molar-refractivity contribution >= 4 is 34.9 Å². The molecule has 0 atom stereocenters. The summed E-state index contributed by atoms with van der Waals surface area (Å²) in [5.74, 6) is -0.547. The average molecular weight is 327 g/mol. The van der Waals surface area contributed by atoms with Crippen LogP contribution in [0.1, 0.15) is 5.56 Å². The molecule has 0 aliphatic rings. The number of rotatable bonds is 4. The molecule has 0 aliphatic carbocycles. The number of esters is 1. The Morgan fingerprint density at radius 2 is 1.95 bits per heavy atom. The predicted octanol–water partition coefficient (Wildman–Crippen LogP) is 2.48. The van der Waals surface area contributed by atoms with Gasteiger partial charge in [0.05, 0.1) is 10.0 Å². The molecule has 0 aliphatic heterocycles. The van der Waals surface area contributed by atoms with Gasteiger partial charge in [0.25, 0.3) is 5.56 Å². The molecule has 2 aromatic rings. The highest BCUT2D eigenvalue weighted by Gasteiger charge is 2.07. The van der Waals surface area contributed by atoms with Gasteiger partial charge in [-0.3, -0.25) is 9.59 Å². The first-order valence-electron chi connectivity index (χ1n) is 6.01. The molecule has 0 unspecified atom stereocenters. The fraction of sp³-hybridized carbons (Fsp3) is 0.143. The van der Waals surface area contributed by atoms with Crippen LogP contribution in [-0.2, 0) is 22.7 Å². The number of carbonyl (C=O) groups excluding carboxylic acids is 1. The van der Waals surface area contributed by atoms with Crippen LogP contribution in [0.3, 0.4) is 0 Å². The first kappa shape index (κ1) is 15.4. The van der Waals surface area contributed by atoms with Crippen molar-refractivity contribution in [1.82, 2.24) is 4.57 Å². The second kappa shape index (κ2) is 6.65. The quantitative estimate of drug-likeness (QED) is 0.876. The van der Waals surface area contributed by atoms with Gasteiger partial charge in [-0.2, -0.15) is 0 Å². The number of carbonyl (C=O) groups is 1. The van der Waals surface area contributed by atoms with Crippen LogP contribution in [0.25, 0.3) is 0 Å². The summed E-state index contributed by atoms with van der Waals surface area (Å²) >= 11 is 11.7. The van der Waals surface area contributed by atoms with E-state index in [4.69, 9.17) is 33.7 Å². The van der Waals surface area contributed by atoms with Crippen LogP contribution in [0.4, 0.5) is 5.69 Å². The molecule has 0 saturated carbocycles. The highest BCUT2D eigenvalue weighted by atomic mass is 35.5. The SMILES string of the molecule is Nc1ccc(=O)n(CC(=O)OCc2ccc(Cl)c(Cl)c2)c1. The molecule has 1 heterocycles. The fourth-order valence-corrected chi connectivity index (χ4v) is 1.97. The average Bonchev–Trinajstić information content (AvgIpc) is 2.44. The zero-order valence-electron chi connectivity index (χ0n) is 10.9. The molecule has 7 heteroatoms. The van der Waals surface area contributed by atoms with E-state index in [0.29, 0.717) is 21.3 Å². The first-order chi connectivity index (χ1) is 9.95. The third-order valence-electron chi connectivity index (χ3n) is 2.69. The minimum absolute atomic E-state index is 0.0484. The van der Waals surface area contributed by atoms with E-state index >= 15 is 0 Å². The van der Waals surface area contributed by atoms with Crippen molar-refractivity contribution in [1.29, 1.82) is 0 Å². The summed E-state index contributed by atoms with van der Waals surface area (Å²) in [4.78, 5) is 23.3. The van der Waals surface area contributed by atoms with Crippen LogP contribution >= 0.6 is 23.2 Å². The number of ether oxygens (including phenoxy) is 1. The highest BCUT2D eigenvalue weighted by molar-refractivity contribution is 6.42. The number of aromatic nitrogens is 1. The summed E-state index contributed by atoms with van der Waals surface area (Å²) in [5.41, 5.74) is 6.34. The minimum Gasteiger partial charge on any atom is -0.459 e. The molecule has 0 amide bonds. The molecule has 110 valence electrons. The van der Waals surface area contributed by atoms with E-state index < -0.39 is 5.97 Å². The molecule has 21 heavy (non-hydrogen) atoms. The number of nitrogen functional groups attached to an aromatic ring is 1. The molecular formula is C14H12Cl2N2O3. The molecule has 0 radical (unpaired) electrons. The molecule has 0 spiro atoms. The minimum atomic E-state index is -0.547. The number of pyridine rings is 1. The Balaban J connectivity index is 1.97. The maximum Gasteiger partial charge on any atom is 0.326 e. The van der Waals surface area contributed by atoms with E-state index in [1.165, 1.54) is 22.9 Å². The summed E-state index contributed by atoms with van der Waals surface area (Å²) in [7, 11) is 0. The van der Waals surface area contributed by atoms with Crippen molar-refractivity contribution in [3.63, 3.8) is 0 Å². The van der Waals surface area contributed by atoms with Crippen molar-refractivity contribution in [2.24, 2.45) is 0 Å². The van der Waals surface area contributed by atoms with Crippen molar-refractivity contribution in [2.75, 3.05) is 5.73 Å². The van der Waals surface area contributed by atoms with Crippen molar-refractivity contribution in [2.45, 2.75) is 13.2 Å². The van der Waals surface area contributed by atoms with E-state index in [1.54, 1.807) is 18.2 Å². The van der Waals surface area contributed by atoms with Crippen LogP contribution in [0.15, 0.2) is 41.3 Å². The fourth-order valence-electron chi connectivity index (χ4n) is 1.65. The second-order valence-electron chi connectivity index (χ2n) is 4.34. The lowest BCUT2D eigenvalue weighted by molar-refractivity contribution is -0.145. The lowest BCUT2D eigenvalue weighted by Crippen LogP contribution is -2.24. The largest absolute Gasteiger partial charge is 0.459 e. The smallest absolute Gasteiger partial charge is 0.326 e. The zero-order valence-corrected chi connectivity index (χ0v) is 12.4. The normalized spacial score (nSPS) is 10.4. The summed E-state index contributed by atoms with van der Waals surface area (Å²) in [6, 6.07) is 7.70. The van der Waals surface area contributed by atoms with Gasteiger partial charge < -0.3 is 15.0 Å². The molecular weight excluding hydrogens is 315 g/mol. The van der Waals surface area contributed by atoms with Crippen molar-refractivity contribution < 1.29 is 9.53 Å². The lowest BCUT2D eigenvalue weighted by Gasteiger charge is -2.08. The van der Waals surface area contributed by atoms with Gasteiger partial charge in [-0.15, -0.1) is 0 Å². The van der Waals surface area contributed by atoms with Crippen LogP contribution in [0.5, 0.6) is 0 Å². The Bertz CT molecular complexity index is 728. The summed E-state index contributed by atoms with van der Waals surface area (Å²) < 4.78 is 6.27. The van der Waals surface area contributed by atoms with Gasteiger partial charge in [0.15, 0.2) is 0 Å². The Hall–Kier alpha value is -1.98. The monoisotopic (exact) mass is 326 g/mol. The number of hydrogen-bond donors (Lipinski definition) is 1. The van der Waals surface area contributed by atoms with Gasteiger partial charge in [0.1, 0.15) is 13.2 Å². The molecule has 0 saturated heterocycles. The van der Waals surface area contributed by atoms with E-state index in [2.05, 4.69) is 0 Å². The number of benzene rings is 1. The Labute approximate surface area is 130 Å². The molecule has 2 N–H and O–H groups in total. The maximum absolute atomic E-state index is 11.7. The van der Waals surface area contributed by atoms with E-state index in [9.17, 15) is 9.59 Å². The molecule has 5 nitrogen and oxygen atoms in total. The van der Waals surface area contributed by atoms with Crippen LogP contribution < -0.4 is 11.3 Å². The van der Waals surface area contributed by atoms with E-state index in [0.717, 1.165) is 0 Å². The molecule has 2 rings (SSSR count). The van der Waals surface area contributed by atoms with Crippen LogP contribution in [0, 0.1) is 0 Å².